The average molecular weight is 407 g/mol. The van der Waals surface area contributed by atoms with Crippen LogP contribution in [0.1, 0.15) is 30.6 Å². The lowest BCUT2D eigenvalue weighted by Gasteiger charge is -2.37. The molecule has 1 saturated heterocycles. The Labute approximate surface area is 176 Å². The molecule has 1 aromatic heterocycles. The van der Waals surface area contributed by atoms with Crippen LogP contribution in [0.3, 0.4) is 0 Å². The van der Waals surface area contributed by atoms with Crippen molar-refractivity contribution in [2.75, 3.05) is 36.0 Å². The summed E-state index contributed by atoms with van der Waals surface area (Å²) in [5.41, 5.74) is 1.29. The van der Waals surface area contributed by atoms with Gasteiger partial charge in [-0.2, -0.15) is 0 Å². The molecule has 1 atom stereocenters. The third kappa shape index (κ3) is 4.08. The van der Waals surface area contributed by atoms with Crippen LogP contribution < -0.4 is 15.1 Å². The molecule has 0 bridgehead atoms. The Kier molecular flexibility index (Phi) is 5.84. The SMILES string of the molecule is CC[C@H](C)NC(=O)c1ccc2ccnc(N3CCN(c4ccccc4F)CC3)c2c1. The van der Waals surface area contributed by atoms with Gasteiger partial charge in [0.15, 0.2) is 0 Å². The zero-order valence-corrected chi connectivity index (χ0v) is 17.4. The summed E-state index contributed by atoms with van der Waals surface area (Å²) in [5.74, 6) is 0.621. The first-order valence-corrected chi connectivity index (χ1v) is 10.5. The second-order valence-electron chi connectivity index (χ2n) is 7.78. The first-order chi connectivity index (χ1) is 14.6. The van der Waals surface area contributed by atoms with Crippen molar-refractivity contribution in [3.05, 3.63) is 66.1 Å². The number of anilines is 2. The number of halogens is 1. The van der Waals surface area contributed by atoms with Gasteiger partial charge in [0, 0.05) is 49.4 Å². The van der Waals surface area contributed by atoms with Gasteiger partial charge in [-0.1, -0.05) is 25.1 Å². The van der Waals surface area contributed by atoms with Crippen LogP contribution in [-0.4, -0.2) is 43.1 Å². The maximum absolute atomic E-state index is 14.1. The van der Waals surface area contributed by atoms with Gasteiger partial charge in [-0.15, -0.1) is 0 Å². The van der Waals surface area contributed by atoms with E-state index in [1.165, 1.54) is 6.07 Å². The Balaban J connectivity index is 1.56. The van der Waals surface area contributed by atoms with Crippen LogP contribution in [0, 0.1) is 5.82 Å². The predicted octanol–water partition coefficient (Wildman–Crippen LogP) is 4.23. The van der Waals surface area contributed by atoms with Gasteiger partial charge in [0.25, 0.3) is 5.91 Å². The third-order valence-corrected chi connectivity index (χ3v) is 5.77. The van der Waals surface area contributed by atoms with Gasteiger partial charge in [0.1, 0.15) is 11.6 Å². The summed E-state index contributed by atoms with van der Waals surface area (Å²) in [6.45, 7) is 6.96. The zero-order valence-electron chi connectivity index (χ0n) is 17.4. The van der Waals surface area contributed by atoms with Crippen molar-refractivity contribution in [2.45, 2.75) is 26.3 Å². The van der Waals surface area contributed by atoms with E-state index in [1.807, 2.05) is 50.2 Å². The highest BCUT2D eigenvalue weighted by Crippen LogP contribution is 2.28. The summed E-state index contributed by atoms with van der Waals surface area (Å²) in [6, 6.07) is 14.8. The number of para-hydroxylation sites is 1. The Bertz CT molecular complexity index is 1050. The molecule has 1 aliphatic heterocycles. The molecule has 4 rings (SSSR count). The maximum Gasteiger partial charge on any atom is 0.251 e. The van der Waals surface area contributed by atoms with E-state index in [-0.39, 0.29) is 17.8 Å². The molecule has 156 valence electrons. The lowest BCUT2D eigenvalue weighted by Crippen LogP contribution is -2.47. The number of carbonyl (C=O) groups is 1. The van der Waals surface area contributed by atoms with Gasteiger partial charge in [-0.05, 0) is 49.1 Å². The monoisotopic (exact) mass is 406 g/mol. The molecule has 3 aromatic rings. The smallest absolute Gasteiger partial charge is 0.251 e. The molecule has 0 unspecified atom stereocenters. The molecule has 6 heteroatoms. The highest BCUT2D eigenvalue weighted by atomic mass is 19.1. The molecule has 0 radical (unpaired) electrons. The molecule has 1 fully saturated rings. The van der Waals surface area contributed by atoms with Crippen LogP contribution in [0.5, 0.6) is 0 Å². The molecule has 5 nitrogen and oxygen atoms in total. The van der Waals surface area contributed by atoms with Gasteiger partial charge >= 0.3 is 0 Å². The van der Waals surface area contributed by atoms with E-state index in [0.717, 1.165) is 36.1 Å². The average Bonchev–Trinajstić information content (AvgIpc) is 2.78. The van der Waals surface area contributed by atoms with Crippen LogP contribution >= 0.6 is 0 Å². The largest absolute Gasteiger partial charge is 0.366 e. The number of piperazine rings is 1. The van der Waals surface area contributed by atoms with E-state index < -0.39 is 0 Å². The second-order valence-corrected chi connectivity index (χ2v) is 7.78. The van der Waals surface area contributed by atoms with Gasteiger partial charge in [0.2, 0.25) is 0 Å². The molecular weight excluding hydrogens is 379 g/mol. The molecule has 0 saturated carbocycles. The minimum absolute atomic E-state index is 0.0644. The number of rotatable bonds is 5. The van der Waals surface area contributed by atoms with E-state index >= 15 is 0 Å². The van der Waals surface area contributed by atoms with Crippen molar-refractivity contribution in [3.63, 3.8) is 0 Å². The van der Waals surface area contributed by atoms with Crippen molar-refractivity contribution in [1.29, 1.82) is 0 Å². The van der Waals surface area contributed by atoms with Crippen LogP contribution in [-0.2, 0) is 0 Å². The van der Waals surface area contributed by atoms with E-state index in [2.05, 4.69) is 20.1 Å². The number of benzene rings is 2. The number of amides is 1. The summed E-state index contributed by atoms with van der Waals surface area (Å²) in [4.78, 5) is 21.5. The van der Waals surface area contributed by atoms with Gasteiger partial charge in [-0.25, -0.2) is 9.37 Å². The molecule has 2 aromatic carbocycles. The summed E-state index contributed by atoms with van der Waals surface area (Å²) in [7, 11) is 0. The Hall–Kier alpha value is -3.15. The van der Waals surface area contributed by atoms with Crippen molar-refractivity contribution in [2.24, 2.45) is 0 Å². The molecule has 1 N–H and O–H groups in total. The number of hydrogen-bond acceptors (Lipinski definition) is 4. The fourth-order valence-electron chi connectivity index (χ4n) is 3.82. The molecular formula is C24H27FN4O. The van der Waals surface area contributed by atoms with Crippen LogP contribution in [0.25, 0.3) is 10.8 Å². The number of nitrogens with one attached hydrogen (secondary N) is 1. The Morgan fingerprint density at radius 3 is 2.57 bits per heavy atom. The molecule has 1 amide bonds. The Morgan fingerprint density at radius 2 is 1.83 bits per heavy atom. The summed E-state index contributed by atoms with van der Waals surface area (Å²) in [5, 5.41) is 5.04. The number of hydrogen-bond donors (Lipinski definition) is 1. The standard InChI is InChI=1S/C24H27FN4O/c1-3-17(2)27-24(30)19-9-8-18-10-11-26-23(20(18)16-19)29-14-12-28(13-15-29)22-7-5-4-6-21(22)25/h4-11,16-17H,3,12-15H2,1-2H3,(H,27,30)/t17-/m0/s1. The Morgan fingerprint density at radius 1 is 1.10 bits per heavy atom. The van der Waals surface area contributed by atoms with E-state index in [4.69, 9.17) is 0 Å². The summed E-state index contributed by atoms with van der Waals surface area (Å²) in [6.07, 6.45) is 2.69. The normalized spacial score (nSPS) is 15.3. The highest BCUT2D eigenvalue weighted by Gasteiger charge is 2.22. The van der Waals surface area contributed by atoms with E-state index in [9.17, 15) is 9.18 Å². The number of aromatic nitrogens is 1. The van der Waals surface area contributed by atoms with Crippen LogP contribution in [0.4, 0.5) is 15.9 Å². The lowest BCUT2D eigenvalue weighted by molar-refractivity contribution is 0.0939. The number of carbonyl (C=O) groups excluding carboxylic acids is 1. The fourth-order valence-corrected chi connectivity index (χ4v) is 3.82. The molecule has 2 heterocycles. The maximum atomic E-state index is 14.1. The second kappa shape index (κ2) is 8.69. The first-order valence-electron chi connectivity index (χ1n) is 10.5. The molecule has 30 heavy (non-hydrogen) atoms. The van der Waals surface area contributed by atoms with Crippen molar-refractivity contribution in [3.8, 4) is 0 Å². The molecule has 0 aliphatic carbocycles. The fraction of sp³-hybridized carbons (Fsp3) is 0.333. The van der Waals surface area contributed by atoms with Gasteiger partial charge in [-0.3, -0.25) is 4.79 Å². The number of pyridine rings is 1. The third-order valence-electron chi connectivity index (χ3n) is 5.77. The van der Waals surface area contributed by atoms with Crippen molar-refractivity contribution < 1.29 is 9.18 Å². The summed E-state index contributed by atoms with van der Waals surface area (Å²) >= 11 is 0. The van der Waals surface area contributed by atoms with Gasteiger partial charge < -0.3 is 15.1 Å². The van der Waals surface area contributed by atoms with Crippen molar-refractivity contribution >= 4 is 28.2 Å². The van der Waals surface area contributed by atoms with Crippen LogP contribution in [0.2, 0.25) is 0 Å². The topological polar surface area (TPSA) is 48.5 Å². The summed E-state index contributed by atoms with van der Waals surface area (Å²) < 4.78 is 14.1. The zero-order chi connectivity index (χ0) is 21.1. The number of nitrogens with zero attached hydrogens (tertiary/aromatic N) is 3. The number of fused-ring (bicyclic) bond motifs is 1. The van der Waals surface area contributed by atoms with Crippen LogP contribution in [0.15, 0.2) is 54.7 Å². The van der Waals surface area contributed by atoms with Gasteiger partial charge in [0.05, 0.1) is 5.69 Å². The minimum atomic E-state index is -0.189. The van der Waals surface area contributed by atoms with Crippen molar-refractivity contribution in [1.82, 2.24) is 10.3 Å². The van der Waals surface area contributed by atoms with E-state index in [0.29, 0.717) is 24.3 Å². The lowest BCUT2D eigenvalue weighted by atomic mass is 10.1. The minimum Gasteiger partial charge on any atom is -0.366 e. The van der Waals surface area contributed by atoms with E-state index in [1.54, 1.807) is 12.3 Å². The highest BCUT2D eigenvalue weighted by molar-refractivity contribution is 6.01. The quantitative estimate of drug-likeness (QED) is 0.689. The molecule has 0 spiro atoms. The first kappa shape index (κ1) is 20.1. The predicted molar refractivity (Wildman–Crippen MR) is 120 cm³/mol. The molecule has 1 aliphatic rings.